The van der Waals surface area contributed by atoms with Crippen molar-refractivity contribution in [3.05, 3.63) is 17.5 Å². The molecule has 1 aromatic rings. The van der Waals surface area contributed by atoms with Gasteiger partial charge in [-0.15, -0.1) is 11.8 Å². The lowest BCUT2D eigenvalue weighted by Crippen LogP contribution is -2.39. The van der Waals surface area contributed by atoms with Gasteiger partial charge in [-0.2, -0.15) is 0 Å². The fourth-order valence-electron chi connectivity index (χ4n) is 4.71. The Bertz CT molecular complexity index is 725. The van der Waals surface area contributed by atoms with Gasteiger partial charge in [0.25, 0.3) is 0 Å². The molecule has 5 nitrogen and oxygen atoms in total. The number of carbonyl (C=O) groups excluding carboxylic acids is 1. The summed E-state index contributed by atoms with van der Waals surface area (Å²) >= 11 is 1.87. The monoisotopic (exact) mass is 372 g/mol. The maximum atomic E-state index is 11.5. The lowest BCUT2D eigenvalue weighted by Gasteiger charge is -2.36. The van der Waals surface area contributed by atoms with Crippen LogP contribution in [-0.4, -0.2) is 34.7 Å². The van der Waals surface area contributed by atoms with Gasteiger partial charge >= 0.3 is 0 Å². The summed E-state index contributed by atoms with van der Waals surface area (Å²) in [6.45, 7) is 3.99. The van der Waals surface area contributed by atoms with Gasteiger partial charge in [-0.25, -0.2) is 9.97 Å². The van der Waals surface area contributed by atoms with Crippen LogP contribution < -0.4 is 10.6 Å². The van der Waals surface area contributed by atoms with E-state index in [9.17, 15) is 4.79 Å². The number of nitrogens with zero attached hydrogens (tertiary/aromatic N) is 3. The molecule has 2 aliphatic heterocycles. The van der Waals surface area contributed by atoms with Crippen LogP contribution in [0.3, 0.4) is 0 Å². The van der Waals surface area contributed by atoms with Crippen molar-refractivity contribution in [2.75, 3.05) is 23.7 Å². The fourth-order valence-corrected chi connectivity index (χ4v) is 5.79. The summed E-state index contributed by atoms with van der Waals surface area (Å²) in [4.78, 5) is 23.1. The summed E-state index contributed by atoms with van der Waals surface area (Å²) in [5, 5.41) is 1.14. The second-order valence-electron chi connectivity index (χ2n) is 7.81. The van der Waals surface area contributed by atoms with Gasteiger partial charge in [0.1, 0.15) is 17.2 Å². The van der Waals surface area contributed by atoms with E-state index in [-0.39, 0.29) is 11.8 Å². The summed E-state index contributed by atoms with van der Waals surface area (Å²) < 4.78 is 0. The van der Waals surface area contributed by atoms with Gasteiger partial charge in [0.2, 0.25) is 5.91 Å². The fraction of sp³-hybridized carbons (Fsp3) is 0.650. The van der Waals surface area contributed by atoms with E-state index in [1.165, 1.54) is 36.8 Å². The molecule has 0 spiro atoms. The number of hydrogen-bond acceptors (Lipinski definition) is 5. The van der Waals surface area contributed by atoms with E-state index in [4.69, 9.17) is 5.73 Å². The molecule has 3 heterocycles. The highest BCUT2D eigenvalue weighted by atomic mass is 32.2. The Morgan fingerprint density at radius 2 is 2.12 bits per heavy atom. The smallest absolute Gasteiger partial charge is 0.220 e. The lowest BCUT2D eigenvalue weighted by atomic mass is 9.80. The SMILES string of the molecule is CCCC1CCC2=C(CSc3ncnc(N4CCC(C(N)=O)CC4)c32)C1. The lowest BCUT2D eigenvalue weighted by molar-refractivity contribution is -0.122. The Kier molecular flexibility index (Phi) is 5.20. The normalized spacial score (nSPS) is 23.6. The van der Waals surface area contributed by atoms with Crippen LogP contribution in [0.25, 0.3) is 5.57 Å². The second-order valence-corrected chi connectivity index (χ2v) is 8.77. The average molecular weight is 373 g/mol. The molecule has 1 atom stereocenters. The molecule has 1 fully saturated rings. The summed E-state index contributed by atoms with van der Waals surface area (Å²) in [6.07, 6.45) is 9.66. The third kappa shape index (κ3) is 3.36. The van der Waals surface area contributed by atoms with E-state index >= 15 is 0 Å². The molecule has 0 saturated carbocycles. The van der Waals surface area contributed by atoms with Gasteiger partial charge in [-0.3, -0.25) is 4.79 Å². The number of allylic oxidation sites excluding steroid dienone is 1. The number of piperidine rings is 1. The van der Waals surface area contributed by atoms with Crippen molar-refractivity contribution < 1.29 is 4.79 Å². The number of anilines is 1. The number of nitrogens with two attached hydrogens (primary N) is 1. The predicted molar refractivity (Wildman–Crippen MR) is 106 cm³/mol. The third-order valence-corrected chi connectivity index (χ3v) is 7.21. The molecular weight excluding hydrogens is 344 g/mol. The molecule has 4 rings (SSSR count). The largest absolute Gasteiger partial charge is 0.369 e. The molecule has 0 bridgehead atoms. The maximum absolute atomic E-state index is 11.5. The number of thioether (sulfide) groups is 1. The highest BCUT2D eigenvalue weighted by Gasteiger charge is 2.32. The van der Waals surface area contributed by atoms with Crippen molar-refractivity contribution in [3.8, 4) is 0 Å². The maximum Gasteiger partial charge on any atom is 0.220 e. The van der Waals surface area contributed by atoms with Crippen LogP contribution in [0.1, 0.15) is 57.4 Å². The Morgan fingerprint density at radius 3 is 2.85 bits per heavy atom. The Morgan fingerprint density at radius 1 is 1.31 bits per heavy atom. The van der Waals surface area contributed by atoms with Gasteiger partial charge < -0.3 is 10.6 Å². The molecule has 3 aliphatic rings. The second kappa shape index (κ2) is 7.59. The molecule has 1 unspecified atom stereocenters. The molecule has 0 aromatic carbocycles. The highest BCUT2D eigenvalue weighted by Crippen LogP contribution is 2.48. The van der Waals surface area contributed by atoms with Crippen LogP contribution in [0, 0.1) is 11.8 Å². The highest BCUT2D eigenvalue weighted by molar-refractivity contribution is 7.99. The number of carbonyl (C=O) groups is 1. The van der Waals surface area contributed by atoms with Crippen LogP contribution in [0.5, 0.6) is 0 Å². The first-order valence-corrected chi connectivity index (χ1v) is 10.9. The van der Waals surface area contributed by atoms with Crippen molar-refractivity contribution in [1.82, 2.24) is 9.97 Å². The molecule has 0 radical (unpaired) electrons. The van der Waals surface area contributed by atoms with Gasteiger partial charge in [0.05, 0.1) is 5.56 Å². The zero-order valence-electron chi connectivity index (χ0n) is 15.5. The van der Waals surface area contributed by atoms with Crippen molar-refractivity contribution in [2.45, 2.75) is 56.9 Å². The first kappa shape index (κ1) is 17.8. The molecule has 2 N–H and O–H groups in total. The molecular formula is C20H28N4OS. The standard InChI is InChI=1S/C20H28N4OS/c1-2-3-13-4-5-16-15(10-13)11-26-20-17(16)19(22-12-23-20)24-8-6-14(7-9-24)18(21)25/h12-14H,2-11H2,1H3,(H2,21,25). The quantitative estimate of drug-likeness (QED) is 0.817. The van der Waals surface area contributed by atoms with Crippen LogP contribution in [-0.2, 0) is 4.79 Å². The summed E-state index contributed by atoms with van der Waals surface area (Å²) in [7, 11) is 0. The van der Waals surface area contributed by atoms with Gasteiger partial charge in [-0.05, 0) is 43.6 Å². The zero-order chi connectivity index (χ0) is 18.1. The van der Waals surface area contributed by atoms with Crippen molar-refractivity contribution in [1.29, 1.82) is 0 Å². The summed E-state index contributed by atoms with van der Waals surface area (Å²) in [5.74, 6) is 2.86. The minimum Gasteiger partial charge on any atom is -0.369 e. The van der Waals surface area contributed by atoms with Crippen molar-refractivity contribution in [3.63, 3.8) is 0 Å². The minimum atomic E-state index is -0.163. The Balaban J connectivity index is 1.62. The van der Waals surface area contributed by atoms with E-state index in [0.717, 1.165) is 54.9 Å². The van der Waals surface area contributed by atoms with E-state index in [0.29, 0.717) is 0 Å². The van der Waals surface area contributed by atoms with Gasteiger partial charge in [0, 0.05) is 24.8 Å². The predicted octanol–water partition coefficient (Wildman–Crippen LogP) is 3.64. The third-order valence-electron chi connectivity index (χ3n) is 6.14. The number of fused-ring (bicyclic) bond motifs is 2. The molecule has 1 amide bonds. The topological polar surface area (TPSA) is 72.1 Å². The van der Waals surface area contributed by atoms with Crippen LogP contribution in [0.4, 0.5) is 5.82 Å². The Hall–Kier alpha value is -1.56. The molecule has 6 heteroatoms. The van der Waals surface area contributed by atoms with Crippen LogP contribution in [0.2, 0.25) is 0 Å². The molecule has 1 aliphatic carbocycles. The summed E-state index contributed by atoms with van der Waals surface area (Å²) in [6, 6.07) is 0. The zero-order valence-corrected chi connectivity index (χ0v) is 16.4. The van der Waals surface area contributed by atoms with E-state index in [1.54, 1.807) is 11.9 Å². The van der Waals surface area contributed by atoms with Crippen LogP contribution in [0.15, 0.2) is 16.9 Å². The molecule has 1 aromatic heterocycles. The number of hydrogen-bond donors (Lipinski definition) is 1. The van der Waals surface area contributed by atoms with Crippen LogP contribution >= 0.6 is 11.8 Å². The Labute approximate surface area is 159 Å². The van der Waals surface area contributed by atoms with E-state index in [2.05, 4.69) is 21.8 Å². The first-order chi connectivity index (χ1) is 12.7. The number of aromatic nitrogens is 2. The minimum absolute atomic E-state index is 0.0116. The molecule has 1 saturated heterocycles. The summed E-state index contributed by atoms with van der Waals surface area (Å²) in [5.41, 5.74) is 9.91. The number of rotatable bonds is 4. The van der Waals surface area contributed by atoms with Crippen molar-refractivity contribution >= 4 is 29.1 Å². The van der Waals surface area contributed by atoms with Gasteiger partial charge in [-0.1, -0.05) is 25.3 Å². The van der Waals surface area contributed by atoms with Crippen molar-refractivity contribution in [2.24, 2.45) is 17.6 Å². The van der Waals surface area contributed by atoms with E-state index in [1.807, 2.05) is 11.8 Å². The number of primary amides is 1. The first-order valence-electron chi connectivity index (χ1n) is 9.90. The molecule has 26 heavy (non-hydrogen) atoms. The van der Waals surface area contributed by atoms with Gasteiger partial charge in [0.15, 0.2) is 0 Å². The van der Waals surface area contributed by atoms with E-state index < -0.39 is 0 Å². The molecule has 140 valence electrons. The number of amides is 1. The average Bonchev–Trinajstić information content (AvgIpc) is 2.67.